The number of rotatable bonds is 6. The Morgan fingerprint density at radius 3 is 2.44 bits per heavy atom. The molecule has 1 unspecified atom stereocenters. The van der Waals surface area contributed by atoms with Crippen molar-refractivity contribution in [1.29, 1.82) is 0 Å². The Bertz CT molecular complexity index is 1380. The summed E-state index contributed by atoms with van der Waals surface area (Å²) in [5.74, 6) is -0.117. The normalized spacial score (nSPS) is 14.9. The molecule has 172 valence electrons. The van der Waals surface area contributed by atoms with Crippen molar-refractivity contribution >= 4 is 34.3 Å². The van der Waals surface area contributed by atoms with Crippen molar-refractivity contribution in [3.63, 3.8) is 0 Å². The zero-order valence-corrected chi connectivity index (χ0v) is 19.9. The van der Waals surface area contributed by atoms with Gasteiger partial charge in [-0.05, 0) is 43.5 Å². The van der Waals surface area contributed by atoms with Gasteiger partial charge in [-0.3, -0.25) is 14.2 Å². The van der Waals surface area contributed by atoms with E-state index in [0.717, 1.165) is 42.5 Å². The number of nitrogens with zero attached hydrogens (tertiary/aromatic N) is 2. The fourth-order valence-electron chi connectivity index (χ4n) is 4.60. The first kappa shape index (κ1) is 22.4. The van der Waals surface area contributed by atoms with Gasteiger partial charge in [0.1, 0.15) is 0 Å². The van der Waals surface area contributed by atoms with Crippen LogP contribution < -0.4 is 10.9 Å². The van der Waals surface area contributed by atoms with Crippen LogP contribution >= 0.6 is 11.8 Å². The number of amides is 1. The standard InChI is InChI=1S/C28H27N3O2S/c1-19(26(32)29-24-17-9-7-15-22(24)20-11-3-2-4-12-20)34-28-30-25-18-10-8-16-23(25)27(33)31(28)21-13-5-6-14-21/h2-4,7-12,15-19,21H,5-6,13-14H2,1H3,(H,29,32). The summed E-state index contributed by atoms with van der Waals surface area (Å²) in [5, 5.41) is 3.92. The zero-order valence-electron chi connectivity index (χ0n) is 19.1. The molecule has 1 N–H and O–H groups in total. The summed E-state index contributed by atoms with van der Waals surface area (Å²) in [7, 11) is 0. The topological polar surface area (TPSA) is 64.0 Å². The van der Waals surface area contributed by atoms with Crippen LogP contribution in [0, 0.1) is 0 Å². The van der Waals surface area contributed by atoms with Gasteiger partial charge in [-0.15, -0.1) is 0 Å². The van der Waals surface area contributed by atoms with Gasteiger partial charge < -0.3 is 5.32 Å². The number of para-hydroxylation sites is 2. The maximum Gasteiger partial charge on any atom is 0.262 e. The number of benzene rings is 3. The van der Waals surface area contributed by atoms with E-state index < -0.39 is 5.25 Å². The molecule has 5 nitrogen and oxygen atoms in total. The maximum atomic E-state index is 13.4. The maximum absolute atomic E-state index is 13.4. The number of hydrogen-bond acceptors (Lipinski definition) is 4. The molecule has 0 spiro atoms. The van der Waals surface area contributed by atoms with Crippen molar-refractivity contribution in [3.8, 4) is 11.1 Å². The molecule has 1 heterocycles. The lowest BCUT2D eigenvalue weighted by atomic mass is 10.0. The lowest BCUT2D eigenvalue weighted by molar-refractivity contribution is -0.115. The third-order valence-electron chi connectivity index (χ3n) is 6.39. The van der Waals surface area contributed by atoms with Crippen molar-refractivity contribution in [2.45, 2.75) is 49.1 Å². The van der Waals surface area contributed by atoms with Crippen LogP contribution in [0.25, 0.3) is 22.0 Å². The molecule has 1 aromatic heterocycles. The minimum atomic E-state index is -0.426. The largest absolute Gasteiger partial charge is 0.325 e. The van der Waals surface area contributed by atoms with Crippen molar-refractivity contribution in [2.75, 3.05) is 5.32 Å². The molecule has 0 aliphatic heterocycles. The van der Waals surface area contributed by atoms with Crippen LogP contribution in [0.5, 0.6) is 0 Å². The van der Waals surface area contributed by atoms with Crippen LogP contribution in [0.2, 0.25) is 0 Å². The molecular weight excluding hydrogens is 442 g/mol. The van der Waals surface area contributed by atoms with E-state index >= 15 is 0 Å². The third-order valence-corrected chi connectivity index (χ3v) is 7.45. The van der Waals surface area contributed by atoms with Gasteiger partial charge in [-0.25, -0.2) is 4.98 Å². The Hall–Kier alpha value is -3.38. The highest BCUT2D eigenvalue weighted by Crippen LogP contribution is 2.34. The number of anilines is 1. The molecule has 4 aromatic rings. The average Bonchev–Trinajstić information content (AvgIpc) is 3.39. The second kappa shape index (κ2) is 9.85. The summed E-state index contributed by atoms with van der Waals surface area (Å²) in [6.45, 7) is 1.87. The van der Waals surface area contributed by atoms with Crippen LogP contribution in [0.1, 0.15) is 38.6 Å². The molecule has 3 aromatic carbocycles. The molecule has 0 bridgehead atoms. The highest BCUT2D eigenvalue weighted by atomic mass is 32.2. The predicted molar refractivity (Wildman–Crippen MR) is 139 cm³/mol. The van der Waals surface area contributed by atoms with Crippen molar-refractivity contribution in [3.05, 3.63) is 89.2 Å². The molecule has 0 saturated heterocycles. The molecule has 1 fully saturated rings. The smallest absolute Gasteiger partial charge is 0.262 e. The monoisotopic (exact) mass is 469 g/mol. The average molecular weight is 470 g/mol. The summed E-state index contributed by atoms with van der Waals surface area (Å²) in [5.41, 5.74) is 3.45. The Labute approximate surface area is 203 Å². The number of nitrogens with one attached hydrogen (secondary N) is 1. The van der Waals surface area contributed by atoms with Gasteiger partial charge in [0.2, 0.25) is 5.91 Å². The van der Waals surface area contributed by atoms with E-state index in [1.807, 2.05) is 90.4 Å². The van der Waals surface area contributed by atoms with Gasteiger partial charge in [0.05, 0.1) is 16.2 Å². The second-order valence-electron chi connectivity index (χ2n) is 8.69. The van der Waals surface area contributed by atoms with Crippen LogP contribution in [0.3, 0.4) is 0 Å². The number of fused-ring (bicyclic) bond motifs is 1. The Balaban J connectivity index is 1.43. The van der Waals surface area contributed by atoms with Gasteiger partial charge in [0, 0.05) is 17.3 Å². The Morgan fingerprint density at radius 1 is 0.971 bits per heavy atom. The summed E-state index contributed by atoms with van der Waals surface area (Å²) in [6, 6.07) is 25.4. The van der Waals surface area contributed by atoms with E-state index in [9.17, 15) is 9.59 Å². The molecule has 1 amide bonds. The van der Waals surface area contributed by atoms with Crippen LogP contribution in [-0.4, -0.2) is 20.7 Å². The van der Waals surface area contributed by atoms with Gasteiger partial charge in [0.15, 0.2) is 5.16 Å². The summed E-state index contributed by atoms with van der Waals surface area (Å²) < 4.78 is 1.84. The molecule has 5 rings (SSSR count). The summed E-state index contributed by atoms with van der Waals surface area (Å²) in [4.78, 5) is 31.4. The highest BCUT2D eigenvalue weighted by Gasteiger charge is 2.26. The zero-order chi connectivity index (χ0) is 23.5. The van der Waals surface area contributed by atoms with E-state index in [2.05, 4.69) is 5.32 Å². The van der Waals surface area contributed by atoms with Crippen LogP contribution in [0.15, 0.2) is 88.8 Å². The highest BCUT2D eigenvalue weighted by molar-refractivity contribution is 8.00. The minimum absolute atomic E-state index is 0.0120. The van der Waals surface area contributed by atoms with E-state index in [0.29, 0.717) is 16.1 Å². The molecule has 1 aliphatic carbocycles. The SMILES string of the molecule is CC(Sc1nc2ccccc2c(=O)n1C1CCCC1)C(=O)Nc1ccccc1-c1ccccc1. The quantitative estimate of drug-likeness (QED) is 0.266. The molecule has 34 heavy (non-hydrogen) atoms. The first-order valence-corrected chi connectivity index (χ1v) is 12.6. The number of thioether (sulfide) groups is 1. The van der Waals surface area contributed by atoms with Gasteiger partial charge in [-0.2, -0.15) is 0 Å². The van der Waals surface area contributed by atoms with E-state index in [-0.39, 0.29) is 17.5 Å². The number of hydrogen-bond donors (Lipinski definition) is 1. The van der Waals surface area contributed by atoms with E-state index in [4.69, 9.17) is 4.98 Å². The Morgan fingerprint density at radius 2 is 1.65 bits per heavy atom. The van der Waals surface area contributed by atoms with Crippen LogP contribution in [0.4, 0.5) is 5.69 Å². The minimum Gasteiger partial charge on any atom is -0.325 e. The Kier molecular flexibility index (Phi) is 6.50. The molecule has 1 aliphatic rings. The molecule has 1 saturated carbocycles. The molecule has 0 radical (unpaired) electrons. The first-order chi connectivity index (χ1) is 16.6. The van der Waals surface area contributed by atoms with Crippen LogP contribution in [-0.2, 0) is 4.79 Å². The summed E-state index contributed by atoms with van der Waals surface area (Å²) >= 11 is 1.35. The lowest BCUT2D eigenvalue weighted by Crippen LogP contribution is -2.29. The fraction of sp³-hybridized carbons (Fsp3) is 0.250. The summed E-state index contributed by atoms with van der Waals surface area (Å²) in [6.07, 6.45) is 4.16. The molecule has 1 atom stereocenters. The number of carbonyl (C=O) groups excluding carboxylic acids is 1. The van der Waals surface area contributed by atoms with Gasteiger partial charge in [0.25, 0.3) is 5.56 Å². The van der Waals surface area contributed by atoms with Crippen molar-refractivity contribution in [1.82, 2.24) is 9.55 Å². The molecular formula is C28H27N3O2S. The third kappa shape index (κ3) is 4.50. The first-order valence-electron chi connectivity index (χ1n) is 11.7. The van der Waals surface area contributed by atoms with Crippen molar-refractivity contribution < 1.29 is 4.79 Å². The number of aromatic nitrogens is 2. The number of carbonyl (C=O) groups is 1. The van der Waals surface area contributed by atoms with Crippen molar-refractivity contribution in [2.24, 2.45) is 0 Å². The fourth-order valence-corrected chi connectivity index (χ4v) is 5.58. The van der Waals surface area contributed by atoms with E-state index in [1.54, 1.807) is 0 Å². The second-order valence-corrected chi connectivity index (χ2v) is 9.99. The predicted octanol–water partition coefficient (Wildman–Crippen LogP) is 6.30. The van der Waals surface area contributed by atoms with Gasteiger partial charge >= 0.3 is 0 Å². The lowest BCUT2D eigenvalue weighted by Gasteiger charge is -2.21. The van der Waals surface area contributed by atoms with Gasteiger partial charge in [-0.1, -0.05) is 85.3 Å². The molecule has 6 heteroatoms. The van der Waals surface area contributed by atoms with E-state index in [1.165, 1.54) is 11.8 Å².